The van der Waals surface area contributed by atoms with Crippen molar-refractivity contribution < 1.29 is 4.74 Å². The van der Waals surface area contributed by atoms with Gasteiger partial charge in [-0.25, -0.2) is 0 Å². The third kappa shape index (κ3) is 7.89. The Morgan fingerprint density at radius 2 is 2.00 bits per heavy atom. The van der Waals surface area contributed by atoms with Crippen LogP contribution in [0.25, 0.3) is 0 Å². The van der Waals surface area contributed by atoms with Crippen molar-refractivity contribution in [3.8, 4) is 0 Å². The maximum atomic E-state index is 5.38. The van der Waals surface area contributed by atoms with E-state index in [1.165, 1.54) is 36.9 Å². The first-order valence-corrected chi connectivity index (χ1v) is 10.6. The zero-order valence-electron chi connectivity index (χ0n) is 17.5. The van der Waals surface area contributed by atoms with Gasteiger partial charge in [0.2, 0.25) is 0 Å². The van der Waals surface area contributed by atoms with Crippen LogP contribution in [0.4, 0.5) is 0 Å². The lowest BCUT2D eigenvalue weighted by Crippen LogP contribution is -2.38. The Bertz CT molecular complexity index is 561. The van der Waals surface area contributed by atoms with Gasteiger partial charge in [-0.2, -0.15) is 0 Å². The van der Waals surface area contributed by atoms with Crippen LogP contribution in [-0.2, 0) is 17.8 Å². The fourth-order valence-corrected chi connectivity index (χ4v) is 3.58. The van der Waals surface area contributed by atoms with Gasteiger partial charge in [-0.1, -0.05) is 30.7 Å². The Labute approximate surface area is 165 Å². The Morgan fingerprint density at radius 1 is 1.19 bits per heavy atom. The number of hydrogen-bond donors (Lipinski definition) is 2. The van der Waals surface area contributed by atoms with Crippen molar-refractivity contribution in [1.82, 2.24) is 15.5 Å². The van der Waals surface area contributed by atoms with Crippen LogP contribution in [0, 0.1) is 0 Å². The molecule has 1 atom stereocenters. The molecule has 1 heterocycles. The van der Waals surface area contributed by atoms with E-state index in [0.29, 0.717) is 6.04 Å². The van der Waals surface area contributed by atoms with Crippen LogP contribution in [0.15, 0.2) is 29.3 Å². The van der Waals surface area contributed by atoms with Crippen LogP contribution >= 0.6 is 0 Å². The first-order chi connectivity index (χ1) is 13.2. The third-order valence-electron chi connectivity index (χ3n) is 5.31. The normalized spacial score (nSPS) is 18.5. The van der Waals surface area contributed by atoms with E-state index >= 15 is 0 Å². The van der Waals surface area contributed by atoms with Crippen molar-refractivity contribution in [2.45, 2.75) is 65.1 Å². The smallest absolute Gasteiger partial charge is 0.191 e. The number of nitrogens with one attached hydrogen (secondary N) is 2. The molecule has 0 amide bonds. The van der Waals surface area contributed by atoms with Crippen LogP contribution in [0.1, 0.15) is 57.1 Å². The summed E-state index contributed by atoms with van der Waals surface area (Å²) in [7, 11) is 1.83. The van der Waals surface area contributed by atoms with Gasteiger partial charge < -0.3 is 15.4 Å². The molecule has 0 aromatic heterocycles. The number of benzene rings is 1. The monoisotopic (exact) mass is 374 g/mol. The van der Waals surface area contributed by atoms with Gasteiger partial charge in [0.25, 0.3) is 0 Å². The van der Waals surface area contributed by atoms with E-state index in [4.69, 9.17) is 4.74 Å². The molecule has 1 unspecified atom stereocenters. The summed E-state index contributed by atoms with van der Waals surface area (Å²) in [6, 6.07) is 9.46. The number of aliphatic imine (C=N–C) groups is 1. The van der Waals surface area contributed by atoms with Gasteiger partial charge in [-0.3, -0.25) is 9.89 Å². The first kappa shape index (κ1) is 21.7. The molecule has 27 heavy (non-hydrogen) atoms. The van der Waals surface area contributed by atoms with Crippen LogP contribution in [0.3, 0.4) is 0 Å². The van der Waals surface area contributed by atoms with Crippen molar-refractivity contribution in [2.24, 2.45) is 4.99 Å². The first-order valence-electron chi connectivity index (χ1n) is 10.6. The molecule has 5 heteroatoms. The van der Waals surface area contributed by atoms with E-state index < -0.39 is 0 Å². The molecule has 1 aliphatic heterocycles. The van der Waals surface area contributed by atoms with Crippen LogP contribution in [0.2, 0.25) is 0 Å². The van der Waals surface area contributed by atoms with E-state index in [0.717, 1.165) is 51.6 Å². The van der Waals surface area contributed by atoms with E-state index in [9.17, 15) is 0 Å². The lowest BCUT2D eigenvalue weighted by atomic mass is 10.0. The minimum Gasteiger partial charge on any atom is -0.382 e. The van der Waals surface area contributed by atoms with Crippen LogP contribution in [-0.4, -0.2) is 50.3 Å². The fourth-order valence-electron chi connectivity index (χ4n) is 3.58. The van der Waals surface area contributed by atoms with Crippen molar-refractivity contribution in [1.29, 1.82) is 0 Å². The van der Waals surface area contributed by atoms with Crippen molar-refractivity contribution in [3.05, 3.63) is 35.4 Å². The van der Waals surface area contributed by atoms with Crippen molar-refractivity contribution in [2.75, 3.05) is 33.4 Å². The number of ether oxygens (including phenoxy) is 1. The molecule has 1 aliphatic rings. The van der Waals surface area contributed by atoms with Gasteiger partial charge in [0.15, 0.2) is 5.96 Å². The molecule has 2 N–H and O–H groups in total. The molecular formula is C22H38N4O. The molecule has 1 fully saturated rings. The topological polar surface area (TPSA) is 48.9 Å². The number of rotatable bonds is 10. The number of nitrogens with zero attached hydrogens (tertiary/aromatic N) is 2. The lowest BCUT2D eigenvalue weighted by molar-refractivity contribution is 0.143. The summed E-state index contributed by atoms with van der Waals surface area (Å²) in [4.78, 5) is 6.97. The molecule has 152 valence electrons. The fraction of sp³-hybridized carbons (Fsp3) is 0.682. The van der Waals surface area contributed by atoms with Gasteiger partial charge in [-0.15, -0.1) is 0 Å². The lowest BCUT2D eigenvalue weighted by Gasteiger charge is -2.33. The third-order valence-corrected chi connectivity index (χ3v) is 5.31. The van der Waals surface area contributed by atoms with E-state index in [2.05, 4.69) is 51.7 Å². The Hall–Kier alpha value is -1.59. The molecule has 1 saturated heterocycles. The maximum absolute atomic E-state index is 5.38. The molecule has 1 aromatic carbocycles. The van der Waals surface area contributed by atoms with Gasteiger partial charge in [0.1, 0.15) is 0 Å². The van der Waals surface area contributed by atoms with Crippen molar-refractivity contribution in [3.63, 3.8) is 0 Å². The van der Waals surface area contributed by atoms with Crippen molar-refractivity contribution >= 4 is 5.96 Å². The zero-order chi connectivity index (χ0) is 19.3. The average molecular weight is 375 g/mol. The zero-order valence-corrected chi connectivity index (χ0v) is 17.5. The number of piperidine rings is 1. The van der Waals surface area contributed by atoms with E-state index in [1.54, 1.807) is 0 Å². The molecule has 1 aromatic rings. The number of likely N-dealkylation sites (tertiary alicyclic amines) is 1. The highest BCUT2D eigenvalue weighted by Gasteiger charge is 2.19. The number of unbranched alkanes of at least 4 members (excludes halogenated alkanes) is 1. The predicted octanol–water partition coefficient (Wildman–Crippen LogP) is 3.54. The minimum atomic E-state index is 0.686. The average Bonchev–Trinajstić information content (AvgIpc) is 2.69. The maximum Gasteiger partial charge on any atom is 0.191 e. The van der Waals surface area contributed by atoms with E-state index in [-0.39, 0.29) is 0 Å². The molecule has 0 saturated carbocycles. The second kappa shape index (κ2) is 12.7. The summed E-state index contributed by atoms with van der Waals surface area (Å²) in [5, 5.41) is 6.86. The van der Waals surface area contributed by atoms with E-state index in [1.807, 2.05) is 14.0 Å². The number of guanidine groups is 1. The number of hydrogen-bond acceptors (Lipinski definition) is 3. The highest BCUT2D eigenvalue weighted by molar-refractivity contribution is 5.79. The summed E-state index contributed by atoms with van der Waals surface area (Å²) in [6.45, 7) is 10.0. The molecule has 0 spiro atoms. The second-order valence-electron chi connectivity index (χ2n) is 7.34. The highest BCUT2D eigenvalue weighted by Crippen LogP contribution is 2.20. The Kier molecular flexibility index (Phi) is 10.2. The van der Waals surface area contributed by atoms with Crippen LogP contribution in [0.5, 0.6) is 0 Å². The molecule has 5 nitrogen and oxygen atoms in total. The largest absolute Gasteiger partial charge is 0.382 e. The van der Waals surface area contributed by atoms with Crippen LogP contribution < -0.4 is 10.6 Å². The molecule has 2 rings (SSSR count). The van der Waals surface area contributed by atoms with Gasteiger partial charge in [-0.05, 0) is 57.2 Å². The predicted molar refractivity (Wildman–Crippen MR) is 114 cm³/mol. The summed E-state index contributed by atoms with van der Waals surface area (Å²) in [5.41, 5.74) is 2.78. The molecular weight excluding hydrogens is 336 g/mol. The second-order valence-corrected chi connectivity index (χ2v) is 7.34. The summed E-state index contributed by atoms with van der Waals surface area (Å²) >= 11 is 0. The van der Waals surface area contributed by atoms with Gasteiger partial charge in [0.05, 0.1) is 0 Å². The SMILES string of the molecule is CCOCCCCNC(=NC)NCc1ccccc1CN1CCCCC1C. The summed E-state index contributed by atoms with van der Waals surface area (Å²) < 4.78 is 5.38. The molecule has 0 radical (unpaired) electrons. The Morgan fingerprint density at radius 3 is 2.74 bits per heavy atom. The summed E-state index contributed by atoms with van der Waals surface area (Å²) in [6.07, 6.45) is 6.18. The quantitative estimate of drug-likeness (QED) is 0.374. The highest BCUT2D eigenvalue weighted by atomic mass is 16.5. The standard InChI is InChI=1S/C22H38N4O/c1-4-27-16-10-8-14-24-22(23-3)25-17-20-12-5-6-13-21(20)18-26-15-9-7-11-19(26)2/h5-6,12-13,19H,4,7-11,14-18H2,1-3H3,(H2,23,24,25). The minimum absolute atomic E-state index is 0.686. The van der Waals surface area contributed by atoms with Gasteiger partial charge >= 0.3 is 0 Å². The molecule has 0 bridgehead atoms. The Balaban J connectivity index is 1.80. The van der Waals surface area contributed by atoms with Gasteiger partial charge in [0, 0.05) is 45.9 Å². The summed E-state index contributed by atoms with van der Waals surface area (Å²) in [5.74, 6) is 0.868. The molecule has 0 aliphatic carbocycles.